The Balaban J connectivity index is 2.54. The second kappa shape index (κ2) is 4.23. The SMILES string of the molecule is O=c1[nH]c(Cl)c(F)c(=O)n1Cc1cccs1. The maximum Gasteiger partial charge on any atom is 0.329 e. The van der Waals surface area contributed by atoms with Crippen molar-refractivity contribution < 1.29 is 4.39 Å². The number of thiophene rings is 1. The Hall–Kier alpha value is -1.40. The molecule has 2 aromatic heterocycles. The van der Waals surface area contributed by atoms with Gasteiger partial charge in [0.05, 0.1) is 6.54 Å². The first-order valence-electron chi connectivity index (χ1n) is 4.30. The van der Waals surface area contributed by atoms with Gasteiger partial charge in [0.2, 0.25) is 5.82 Å². The van der Waals surface area contributed by atoms with Crippen molar-refractivity contribution in [3.8, 4) is 0 Å². The number of nitrogens with one attached hydrogen (secondary N) is 1. The highest BCUT2D eigenvalue weighted by atomic mass is 35.5. The molecule has 0 aromatic carbocycles. The molecule has 16 heavy (non-hydrogen) atoms. The van der Waals surface area contributed by atoms with Crippen molar-refractivity contribution in [2.75, 3.05) is 0 Å². The third-order valence-corrected chi connectivity index (χ3v) is 3.10. The van der Waals surface area contributed by atoms with Crippen LogP contribution in [0, 0.1) is 5.82 Å². The summed E-state index contributed by atoms with van der Waals surface area (Å²) in [5.41, 5.74) is -1.73. The Morgan fingerprint density at radius 3 is 2.88 bits per heavy atom. The minimum Gasteiger partial charge on any atom is -0.295 e. The van der Waals surface area contributed by atoms with E-state index in [4.69, 9.17) is 11.6 Å². The largest absolute Gasteiger partial charge is 0.329 e. The van der Waals surface area contributed by atoms with Gasteiger partial charge in [0.25, 0.3) is 5.56 Å². The van der Waals surface area contributed by atoms with E-state index >= 15 is 0 Å². The Labute approximate surface area is 97.9 Å². The Morgan fingerprint density at radius 2 is 2.25 bits per heavy atom. The molecule has 4 nitrogen and oxygen atoms in total. The third kappa shape index (κ3) is 1.94. The van der Waals surface area contributed by atoms with Gasteiger partial charge in [-0.3, -0.25) is 14.3 Å². The molecule has 0 saturated heterocycles. The summed E-state index contributed by atoms with van der Waals surface area (Å²) in [6, 6.07) is 3.54. The van der Waals surface area contributed by atoms with Crippen molar-refractivity contribution in [3.63, 3.8) is 0 Å². The van der Waals surface area contributed by atoms with Crippen molar-refractivity contribution in [1.82, 2.24) is 9.55 Å². The molecule has 7 heteroatoms. The highest BCUT2D eigenvalue weighted by molar-refractivity contribution is 7.09. The molecule has 0 aliphatic carbocycles. The first kappa shape index (κ1) is 11.1. The van der Waals surface area contributed by atoms with Gasteiger partial charge < -0.3 is 0 Å². The molecule has 0 spiro atoms. The third-order valence-electron chi connectivity index (χ3n) is 1.98. The molecule has 2 aromatic rings. The molecule has 0 unspecified atom stereocenters. The average molecular weight is 261 g/mol. The highest BCUT2D eigenvalue weighted by Gasteiger charge is 2.12. The lowest BCUT2D eigenvalue weighted by Gasteiger charge is -2.02. The zero-order chi connectivity index (χ0) is 11.7. The molecular formula is C9H6ClFN2O2S. The summed E-state index contributed by atoms with van der Waals surface area (Å²) in [5.74, 6) is -1.14. The normalized spacial score (nSPS) is 10.6. The number of nitrogens with zero attached hydrogens (tertiary/aromatic N) is 1. The average Bonchev–Trinajstić information content (AvgIpc) is 2.74. The maximum absolute atomic E-state index is 13.2. The summed E-state index contributed by atoms with van der Waals surface area (Å²) in [5, 5.41) is 1.25. The topological polar surface area (TPSA) is 54.9 Å². The summed E-state index contributed by atoms with van der Waals surface area (Å²) in [6.07, 6.45) is 0. The summed E-state index contributed by atoms with van der Waals surface area (Å²) in [7, 11) is 0. The second-order valence-electron chi connectivity index (χ2n) is 3.03. The minimum atomic E-state index is -1.14. The molecule has 0 aliphatic heterocycles. The fourth-order valence-corrected chi connectivity index (χ4v) is 2.08. The van der Waals surface area contributed by atoms with Gasteiger partial charge in [0.1, 0.15) is 0 Å². The highest BCUT2D eigenvalue weighted by Crippen LogP contribution is 2.09. The van der Waals surface area contributed by atoms with Crippen molar-refractivity contribution in [2.24, 2.45) is 0 Å². The van der Waals surface area contributed by atoms with E-state index in [9.17, 15) is 14.0 Å². The quantitative estimate of drug-likeness (QED) is 0.831. The smallest absolute Gasteiger partial charge is 0.295 e. The Kier molecular flexibility index (Phi) is 2.93. The van der Waals surface area contributed by atoms with Crippen LogP contribution in [0.25, 0.3) is 0 Å². The molecule has 0 fully saturated rings. The number of rotatable bonds is 2. The lowest BCUT2D eigenvalue weighted by Crippen LogP contribution is -2.37. The Bertz CT molecular complexity index is 617. The van der Waals surface area contributed by atoms with E-state index in [1.54, 1.807) is 17.5 Å². The number of hydrogen-bond donors (Lipinski definition) is 1. The number of aromatic amines is 1. The van der Waals surface area contributed by atoms with Crippen LogP contribution in [0.15, 0.2) is 27.1 Å². The molecule has 84 valence electrons. The van der Waals surface area contributed by atoms with E-state index in [1.165, 1.54) is 11.3 Å². The van der Waals surface area contributed by atoms with Crippen LogP contribution in [0.3, 0.4) is 0 Å². The van der Waals surface area contributed by atoms with Crippen LogP contribution in [0.1, 0.15) is 4.88 Å². The van der Waals surface area contributed by atoms with Gasteiger partial charge in [0.15, 0.2) is 5.15 Å². The minimum absolute atomic E-state index is 0.0416. The fourth-order valence-electron chi connectivity index (χ4n) is 1.22. The van der Waals surface area contributed by atoms with Crippen molar-refractivity contribution in [2.45, 2.75) is 6.54 Å². The van der Waals surface area contributed by atoms with Crippen molar-refractivity contribution in [1.29, 1.82) is 0 Å². The number of hydrogen-bond acceptors (Lipinski definition) is 3. The number of aromatic nitrogens is 2. The van der Waals surface area contributed by atoms with Crippen LogP contribution in [0.2, 0.25) is 5.15 Å². The molecule has 0 amide bonds. The van der Waals surface area contributed by atoms with Crippen LogP contribution in [-0.4, -0.2) is 9.55 Å². The van der Waals surface area contributed by atoms with Crippen molar-refractivity contribution >= 4 is 22.9 Å². The summed E-state index contributed by atoms with van der Waals surface area (Å²) < 4.78 is 13.9. The second-order valence-corrected chi connectivity index (χ2v) is 4.44. The monoisotopic (exact) mass is 260 g/mol. The van der Waals surface area contributed by atoms with Gasteiger partial charge in [-0.1, -0.05) is 17.7 Å². The Morgan fingerprint density at radius 1 is 1.50 bits per heavy atom. The predicted octanol–water partition coefficient (Wildman–Crippen LogP) is 1.44. The van der Waals surface area contributed by atoms with Crippen LogP contribution < -0.4 is 11.2 Å². The molecule has 2 rings (SSSR count). The van der Waals surface area contributed by atoms with E-state index in [-0.39, 0.29) is 6.54 Å². The van der Waals surface area contributed by atoms with Gasteiger partial charge in [0, 0.05) is 4.88 Å². The first-order valence-corrected chi connectivity index (χ1v) is 5.56. The summed E-state index contributed by atoms with van der Waals surface area (Å²) in [4.78, 5) is 25.7. The zero-order valence-electron chi connectivity index (χ0n) is 7.87. The van der Waals surface area contributed by atoms with Crippen LogP contribution in [0.5, 0.6) is 0 Å². The van der Waals surface area contributed by atoms with E-state index < -0.39 is 22.2 Å². The van der Waals surface area contributed by atoms with E-state index in [0.29, 0.717) is 0 Å². The van der Waals surface area contributed by atoms with Gasteiger partial charge in [-0.15, -0.1) is 11.3 Å². The fraction of sp³-hybridized carbons (Fsp3) is 0.111. The molecular weight excluding hydrogens is 255 g/mol. The molecule has 1 N–H and O–H groups in total. The maximum atomic E-state index is 13.2. The first-order chi connectivity index (χ1) is 7.59. The standard InChI is InChI=1S/C9H6ClFN2O2S/c10-7-6(11)8(14)13(9(15)12-7)4-5-2-1-3-16-5/h1-3H,4H2,(H,12,15). The van der Waals surface area contributed by atoms with Gasteiger partial charge >= 0.3 is 5.69 Å². The molecule has 0 bridgehead atoms. The lowest BCUT2D eigenvalue weighted by molar-refractivity contribution is 0.559. The number of H-pyrrole nitrogens is 1. The van der Waals surface area contributed by atoms with Gasteiger partial charge in [-0.05, 0) is 11.4 Å². The molecule has 0 aliphatic rings. The number of halogens is 2. The van der Waals surface area contributed by atoms with Crippen molar-refractivity contribution in [3.05, 3.63) is 54.2 Å². The molecule has 0 saturated carbocycles. The van der Waals surface area contributed by atoms with Gasteiger partial charge in [-0.25, -0.2) is 4.79 Å². The lowest BCUT2D eigenvalue weighted by atomic mass is 10.4. The molecule has 0 atom stereocenters. The van der Waals surface area contributed by atoms with E-state index in [0.717, 1.165) is 9.44 Å². The van der Waals surface area contributed by atoms with E-state index in [2.05, 4.69) is 4.98 Å². The predicted molar refractivity (Wildman–Crippen MR) is 59.7 cm³/mol. The van der Waals surface area contributed by atoms with Crippen LogP contribution in [0.4, 0.5) is 4.39 Å². The zero-order valence-corrected chi connectivity index (χ0v) is 9.44. The van der Waals surface area contributed by atoms with Crippen LogP contribution >= 0.6 is 22.9 Å². The van der Waals surface area contributed by atoms with Gasteiger partial charge in [-0.2, -0.15) is 4.39 Å². The summed E-state index contributed by atoms with van der Waals surface area (Å²) >= 11 is 6.71. The van der Waals surface area contributed by atoms with E-state index in [1.807, 2.05) is 0 Å². The summed E-state index contributed by atoms with van der Waals surface area (Å²) in [6.45, 7) is 0.0416. The molecule has 2 heterocycles. The van der Waals surface area contributed by atoms with Crippen LogP contribution in [-0.2, 0) is 6.54 Å². The molecule has 0 radical (unpaired) electrons.